The van der Waals surface area contributed by atoms with E-state index in [0.29, 0.717) is 42.0 Å². The van der Waals surface area contributed by atoms with Crippen LogP contribution in [0.5, 0.6) is 11.5 Å². The molecule has 1 aliphatic rings. The molecule has 2 rings (SSSR count). The second-order valence-electron chi connectivity index (χ2n) is 3.94. The first-order valence-electron chi connectivity index (χ1n) is 5.91. The van der Waals surface area contributed by atoms with Crippen LogP contribution in [0.25, 0.3) is 0 Å². The molecule has 0 saturated heterocycles. The minimum Gasteiger partial charge on any atom is -0.486 e. The number of nitrogens with one attached hydrogen (secondary N) is 2. The monoisotopic (exact) mass is 282 g/mol. The van der Waals surface area contributed by atoms with Gasteiger partial charge in [-0.2, -0.15) is 0 Å². The largest absolute Gasteiger partial charge is 0.486 e. The first kappa shape index (κ1) is 13.7. The molecule has 5 nitrogen and oxygen atoms in total. The zero-order valence-corrected chi connectivity index (χ0v) is 11.1. The van der Waals surface area contributed by atoms with Gasteiger partial charge in [0.25, 0.3) is 0 Å². The number of hydrogen-bond donors (Lipinski definition) is 2. The fourth-order valence-corrected chi connectivity index (χ4v) is 1.84. The SMILES string of the molecule is C=CCNCC(=O)Nc1cc2c(cc1Cl)OCCO2. The Morgan fingerprint density at radius 1 is 1.37 bits per heavy atom. The van der Waals surface area contributed by atoms with Gasteiger partial charge >= 0.3 is 0 Å². The molecular formula is C13H15ClN2O3. The van der Waals surface area contributed by atoms with Gasteiger partial charge in [0.1, 0.15) is 13.2 Å². The fourth-order valence-electron chi connectivity index (χ4n) is 1.64. The van der Waals surface area contributed by atoms with Crippen LogP contribution in [0.15, 0.2) is 24.8 Å². The minimum atomic E-state index is -0.180. The lowest BCUT2D eigenvalue weighted by Gasteiger charge is -2.20. The third-order valence-electron chi connectivity index (χ3n) is 2.48. The minimum absolute atomic E-state index is 0.180. The number of ether oxygens (including phenoxy) is 2. The summed E-state index contributed by atoms with van der Waals surface area (Å²) >= 11 is 6.08. The van der Waals surface area contributed by atoms with Crippen LogP contribution in [-0.2, 0) is 4.79 Å². The Hall–Kier alpha value is -1.72. The fraction of sp³-hybridized carbons (Fsp3) is 0.308. The summed E-state index contributed by atoms with van der Waals surface area (Å²) in [6.45, 7) is 5.31. The van der Waals surface area contributed by atoms with Crippen molar-refractivity contribution in [3.8, 4) is 11.5 Å². The molecule has 1 aromatic rings. The van der Waals surface area contributed by atoms with Gasteiger partial charge < -0.3 is 20.1 Å². The highest BCUT2D eigenvalue weighted by Gasteiger charge is 2.16. The predicted molar refractivity (Wildman–Crippen MR) is 74.1 cm³/mol. The van der Waals surface area contributed by atoms with E-state index in [9.17, 15) is 4.79 Å². The standard InChI is InChI=1S/C13H15ClN2O3/c1-2-3-15-8-13(17)16-10-7-12-11(6-9(10)14)18-4-5-19-12/h2,6-7,15H,1,3-5,8H2,(H,16,17). The van der Waals surface area contributed by atoms with Crippen molar-refractivity contribution < 1.29 is 14.3 Å². The number of benzene rings is 1. The molecule has 102 valence electrons. The third-order valence-corrected chi connectivity index (χ3v) is 2.79. The molecule has 0 atom stereocenters. The molecule has 6 heteroatoms. The smallest absolute Gasteiger partial charge is 0.238 e. The highest BCUT2D eigenvalue weighted by Crippen LogP contribution is 2.37. The van der Waals surface area contributed by atoms with Gasteiger partial charge in [-0.1, -0.05) is 17.7 Å². The van der Waals surface area contributed by atoms with Crippen LogP contribution in [0, 0.1) is 0 Å². The summed E-state index contributed by atoms with van der Waals surface area (Å²) in [5.74, 6) is 1.00. The predicted octanol–water partition coefficient (Wildman–Crippen LogP) is 1.83. The zero-order valence-electron chi connectivity index (χ0n) is 10.4. The zero-order chi connectivity index (χ0) is 13.7. The van der Waals surface area contributed by atoms with E-state index in [4.69, 9.17) is 21.1 Å². The molecule has 1 aliphatic heterocycles. The second kappa shape index (κ2) is 6.45. The lowest BCUT2D eigenvalue weighted by molar-refractivity contribution is -0.115. The van der Waals surface area contributed by atoms with Crippen molar-refractivity contribution in [2.24, 2.45) is 0 Å². The number of carbonyl (C=O) groups is 1. The van der Waals surface area contributed by atoms with Crippen molar-refractivity contribution in [2.75, 3.05) is 31.6 Å². The summed E-state index contributed by atoms with van der Waals surface area (Å²) < 4.78 is 10.8. The lowest BCUT2D eigenvalue weighted by Crippen LogP contribution is -2.28. The summed E-state index contributed by atoms with van der Waals surface area (Å²) in [6.07, 6.45) is 1.68. The molecule has 0 saturated carbocycles. The molecule has 2 N–H and O–H groups in total. The molecule has 0 radical (unpaired) electrons. The van der Waals surface area contributed by atoms with E-state index in [-0.39, 0.29) is 12.5 Å². The van der Waals surface area contributed by atoms with Crippen LogP contribution in [0.3, 0.4) is 0 Å². The van der Waals surface area contributed by atoms with E-state index in [0.717, 1.165) is 0 Å². The van der Waals surface area contributed by atoms with Crippen LogP contribution < -0.4 is 20.1 Å². The van der Waals surface area contributed by atoms with Gasteiger partial charge in [-0.05, 0) is 0 Å². The van der Waals surface area contributed by atoms with Crippen LogP contribution in [-0.4, -0.2) is 32.2 Å². The lowest BCUT2D eigenvalue weighted by atomic mass is 10.2. The number of halogens is 1. The van der Waals surface area contributed by atoms with Gasteiger partial charge in [0.15, 0.2) is 11.5 Å². The van der Waals surface area contributed by atoms with Crippen molar-refractivity contribution >= 4 is 23.2 Å². The van der Waals surface area contributed by atoms with E-state index >= 15 is 0 Å². The van der Waals surface area contributed by atoms with Crippen molar-refractivity contribution in [3.63, 3.8) is 0 Å². The Kier molecular flexibility index (Phi) is 4.65. The first-order valence-corrected chi connectivity index (χ1v) is 6.29. The summed E-state index contributed by atoms with van der Waals surface area (Å²) in [4.78, 5) is 11.7. The average molecular weight is 283 g/mol. The number of anilines is 1. The number of amides is 1. The molecule has 1 heterocycles. The van der Waals surface area contributed by atoms with Crippen molar-refractivity contribution in [2.45, 2.75) is 0 Å². The molecule has 0 aromatic heterocycles. The van der Waals surface area contributed by atoms with Crippen LogP contribution in [0.1, 0.15) is 0 Å². The van der Waals surface area contributed by atoms with E-state index in [1.54, 1.807) is 18.2 Å². The molecule has 0 spiro atoms. The average Bonchev–Trinajstić information content (AvgIpc) is 2.40. The quantitative estimate of drug-likeness (QED) is 0.639. The summed E-state index contributed by atoms with van der Waals surface area (Å²) in [5, 5.41) is 6.04. The number of rotatable bonds is 5. The third kappa shape index (κ3) is 3.62. The van der Waals surface area contributed by atoms with E-state index in [2.05, 4.69) is 17.2 Å². The van der Waals surface area contributed by atoms with E-state index in [1.807, 2.05) is 0 Å². The van der Waals surface area contributed by atoms with E-state index < -0.39 is 0 Å². The Bertz CT molecular complexity index is 491. The highest BCUT2D eigenvalue weighted by atomic mass is 35.5. The van der Waals surface area contributed by atoms with Crippen LogP contribution >= 0.6 is 11.6 Å². The molecule has 0 bridgehead atoms. The molecule has 1 aromatic carbocycles. The number of fused-ring (bicyclic) bond motifs is 1. The van der Waals surface area contributed by atoms with Gasteiger partial charge in [0, 0.05) is 18.7 Å². The maximum Gasteiger partial charge on any atom is 0.238 e. The second-order valence-corrected chi connectivity index (χ2v) is 4.35. The van der Waals surface area contributed by atoms with E-state index in [1.165, 1.54) is 0 Å². The summed E-state index contributed by atoms with van der Waals surface area (Å²) in [6, 6.07) is 3.31. The normalized spacial score (nSPS) is 12.9. The molecule has 19 heavy (non-hydrogen) atoms. The molecular weight excluding hydrogens is 268 g/mol. The van der Waals surface area contributed by atoms with Gasteiger partial charge in [-0.15, -0.1) is 6.58 Å². The topological polar surface area (TPSA) is 59.6 Å². The van der Waals surface area contributed by atoms with Crippen LogP contribution in [0.2, 0.25) is 5.02 Å². The van der Waals surface area contributed by atoms with Crippen molar-refractivity contribution in [1.29, 1.82) is 0 Å². The van der Waals surface area contributed by atoms with Gasteiger partial charge in [-0.25, -0.2) is 0 Å². The highest BCUT2D eigenvalue weighted by molar-refractivity contribution is 6.34. The van der Waals surface area contributed by atoms with Crippen LogP contribution in [0.4, 0.5) is 5.69 Å². The maximum absolute atomic E-state index is 11.7. The molecule has 0 unspecified atom stereocenters. The summed E-state index contributed by atoms with van der Waals surface area (Å²) in [5.41, 5.74) is 0.510. The Morgan fingerprint density at radius 2 is 2.05 bits per heavy atom. The Labute approximate surface area is 116 Å². The maximum atomic E-state index is 11.7. The first-order chi connectivity index (χ1) is 9.20. The molecule has 0 fully saturated rings. The Morgan fingerprint density at radius 3 is 2.74 bits per heavy atom. The van der Waals surface area contributed by atoms with Crippen molar-refractivity contribution in [1.82, 2.24) is 5.32 Å². The van der Waals surface area contributed by atoms with Crippen molar-refractivity contribution in [3.05, 3.63) is 29.8 Å². The summed E-state index contributed by atoms with van der Waals surface area (Å²) in [7, 11) is 0. The Balaban J connectivity index is 2.03. The number of hydrogen-bond acceptors (Lipinski definition) is 4. The van der Waals surface area contributed by atoms with Gasteiger partial charge in [0.2, 0.25) is 5.91 Å². The van der Waals surface area contributed by atoms with Gasteiger partial charge in [-0.3, -0.25) is 4.79 Å². The number of carbonyl (C=O) groups excluding carboxylic acids is 1. The molecule has 1 amide bonds. The molecule has 0 aliphatic carbocycles. The van der Waals surface area contributed by atoms with Gasteiger partial charge in [0.05, 0.1) is 17.3 Å².